The van der Waals surface area contributed by atoms with E-state index in [9.17, 15) is 8.78 Å². The average Bonchev–Trinajstić information content (AvgIpc) is 3.32. The molecule has 4 aromatic rings. The van der Waals surface area contributed by atoms with E-state index >= 15 is 0 Å². The molecular formula is C25H17F2IrN4. The van der Waals surface area contributed by atoms with Gasteiger partial charge in [0.05, 0.1) is 0 Å². The number of aromatic nitrogens is 2. The Morgan fingerprint density at radius 2 is 1.56 bits per heavy atom. The molecule has 0 saturated heterocycles. The van der Waals surface area contributed by atoms with Gasteiger partial charge in [-0.2, -0.15) is 30.3 Å². The van der Waals surface area contributed by atoms with Crippen LogP contribution in [0.2, 0.25) is 0 Å². The average molecular weight is 604 g/mol. The minimum absolute atomic E-state index is 0. The van der Waals surface area contributed by atoms with Gasteiger partial charge in [0, 0.05) is 11.9 Å². The van der Waals surface area contributed by atoms with E-state index in [4.69, 9.17) is 0 Å². The normalized spacial score (nSPS) is 12.1. The summed E-state index contributed by atoms with van der Waals surface area (Å²) >= 11 is 0. The van der Waals surface area contributed by atoms with E-state index in [2.05, 4.69) is 39.1 Å². The quantitative estimate of drug-likeness (QED) is 0.225. The van der Waals surface area contributed by atoms with Crippen LogP contribution in [0.5, 0.6) is 0 Å². The fraction of sp³-hybridized carbons (Fsp3) is 0. The van der Waals surface area contributed by atoms with Crippen LogP contribution < -0.4 is 9.80 Å². The van der Waals surface area contributed by atoms with Crippen LogP contribution in [-0.2, 0) is 20.1 Å². The van der Waals surface area contributed by atoms with Gasteiger partial charge in [-0.15, -0.1) is 18.4 Å². The summed E-state index contributed by atoms with van der Waals surface area (Å²) in [5, 5.41) is 0. The van der Waals surface area contributed by atoms with E-state index in [-0.39, 0.29) is 25.7 Å². The zero-order valence-electron chi connectivity index (χ0n) is 16.7. The van der Waals surface area contributed by atoms with Gasteiger partial charge >= 0.3 is 20.1 Å². The maximum Gasteiger partial charge on any atom is 3.00 e. The molecule has 0 unspecified atom stereocenters. The Bertz CT molecular complexity index is 1090. The number of para-hydroxylation sites is 2. The van der Waals surface area contributed by atoms with Crippen LogP contribution in [-0.4, -0.2) is 9.97 Å². The molecule has 0 spiro atoms. The Hall–Kier alpha value is -3.41. The topological polar surface area (TPSA) is 32.3 Å². The molecule has 5 rings (SSSR count). The summed E-state index contributed by atoms with van der Waals surface area (Å²) in [6, 6.07) is 29.8. The van der Waals surface area contributed by atoms with Crippen LogP contribution in [0.25, 0.3) is 11.3 Å². The predicted octanol–water partition coefficient (Wildman–Crippen LogP) is 5.62. The summed E-state index contributed by atoms with van der Waals surface area (Å²) < 4.78 is 25.6. The monoisotopic (exact) mass is 604 g/mol. The number of nitrogens with zero attached hydrogens (tertiary/aromatic N) is 4. The van der Waals surface area contributed by atoms with Crippen molar-refractivity contribution in [3.63, 3.8) is 0 Å². The molecule has 0 amide bonds. The van der Waals surface area contributed by atoms with Gasteiger partial charge < -0.3 is 14.8 Å². The first-order chi connectivity index (χ1) is 15.2. The van der Waals surface area contributed by atoms with E-state index in [1.54, 1.807) is 18.2 Å². The third kappa shape index (κ3) is 5.84. The van der Waals surface area contributed by atoms with Gasteiger partial charge in [0.15, 0.2) is 0 Å². The van der Waals surface area contributed by atoms with Gasteiger partial charge in [-0.05, 0) is 36.3 Å². The summed E-state index contributed by atoms with van der Waals surface area (Å²) in [6.45, 7) is 2.04. The van der Waals surface area contributed by atoms with Gasteiger partial charge in [-0.3, -0.25) is 4.98 Å². The second-order valence-corrected chi connectivity index (χ2v) is 6.42. The van der Waals surface area contributed by atoms with Crippen molar-refractivity contribution in [2.24, 2.45) is 0 Å². The molecule has 2 aromatic heterocycles. The molecule has 0 fully saturated rings. The Kier molecular flexibility index (Phi) is 8.20. The SMILES string of the molecule is Fc1c[c-]c(-c2ccccn2)c(F)n1.[Ir+3].[c-]1ccccc1N1C=CN(c2ccccc2)[CH-]1. The minimum Gasteiger partial charge on any atom is -0.500 e. The van der Waals surface area contributed by atoms with Gasteiger partial charge in [-0.25, -0.2) is 8.78 Å². The molecule has 0 saturated carbocycles. The Labute approximate surface area is 199 Å². The Morgan fingerprint density at radius 3 is 2.25 bits per heavy atom. The zero-order valence-corrected chi connectivity index (χ0v) is 19.1. The number of benzene rings is 2. The molecule has 0 bridgehead atoms. The van der Waals surface area contributed by atoms with Gasteiger partial charge in [0.25, 0.3) is 0 Å². The molecule has 0 N–H and O–H groups in total. The van der Waals surface area contributed by atoms with Gasteiger partial charge in [-0.1, -0.05) is 42.0 Å². The molecule has 32 heavy (non-hydrogen) atoms. The van der Waals surface area contributed by atoms with E-state index in [1.807, 2.05) is 66.4 Å². The number of rotatable bonds is 3. The van der Waals surface area contributed by atoms with Crippen molar-refractivity contribution in [1.29, 1.82) is 0 Å². The molecule has 1 aliphatic heterocycles. The van der Waals surface area contributed by atoms with E-state index in [0.717, 1.165) is 17.4 Å². The van der Waals surface area contributed by atoms with Crippen LogP contribution in [0.4, 0.5) is 20.2 Å². The smallest absolute Gasteiger partial charge is 0.500 e. The zero-order chi connectivity index (χ0) is 21.5. The van der Waals surface area contributed by atoms with Crippen molar-refractivity contribution in [1.82, 2.24) is 9.97 Å². The number of halogens is 2. The molecule has 3 heterocycles. The van der Waals surface area contributed by atoms with Crippen LogP contribution in [0.1, 0.15) is 0 Å². The fourth-order valence-electron chi connectivity index (χ4n) is 2.86. The van der Waals surface area contributed by atoms with E-state index < -0.39 is 11.9 Å². The number of hydrogen-bond donors (Lipinski definition) is 0. The standard InChI is InChI=1S/C15H12N2.C10H5F2N2.Ir/c1-3-7-14(8-4-1)16-11-12-17(13-16)15-9-5-2-6-10-15;11-9-5-4-7(10(12)14-9)8-3-1-2-6-13-8;/h1-9,11-13H;1-3,5-6H;/q-2;-1;+3. The van der Waals surface area contributed by atoms with Gasteiger partial charge in [0.2, 0.25) is 0 Å². The summed E-state index contributed by atoms with van der Waals surface area (Å²) in [7, 11) is 0. The summed E-state index contributed by atoms with van der Waals surface area (Å²) in [6.07, 6.45) is 5.58. The fourth-order valence-corrected chi connectivity index (χ4v) is 2.86. The molecule has 0 aliphatic carbocycles. The Morgan fingerprint density at radius 1 is 0.812 bits per heavy atom. The van der Waals surface area contributed by atoms with Crippen molar-refractivity contribution in [3.05, 3.63) is 128 Å². The number of pyridine rings is 2. The van der Waals surface area contributed by atoms with E-state index in [0.29, 0.717) is 5.69 Å². The third-order valence-corrected chi connectivity index (χ3v) is 4.33. The summed E-state index contributed by atoms with van der Waals surface area (Å²) in [4.78, 5) is 11.1. The molecular weight excluding hydrogens is 587 g/mol. The Balaban J connectivity index is 0.000000178. The molecule has 160 valence electrons. The first-order valence-electron chi connectivity index (χ1n) is 9.47. The molecule has 0 atom stereocenters. The van der Waals surface area contributed by atoms with Crippen molar-refractivity contribution in [2.75, 3.05) is 9.80 Å². The van der Waals surface area contributed by atoms with Crippen LogP contribution >= 0.6 is 0 Å². The molecule has 2 aromatic carbocycles. The molecule has 7 heteroatoms. The summed E-state index contributed by atoms with van der Waals surface area (Å²) in [5.41, 5.74) is 2.66. The maximum atomic E-state index is 13.1. The minimum atomic E-state index is -0.899. The van der Waals surface area contributed by atoms with Gasteiger partial charge in [0.1, 0.15) is 11.9 Å². The number of anilines is 2. The van der Waals surface area contributed by atoms with Crippen molar-refractivity contribution in [2.45, 2.75) is 0 Å². The predicted molar refractivity (Wildman–Crippen MR) is 116 cm³/mol. The van der Waals surface area contributed by atoms with Crippen molar-refractivity contribution < 1.29 is 28.9 Å². The first kappa shape index (κ1) is 23.3. The van der Waals surface area contributed by atoms with Crippen LogP contribution in [0.15, 0.2) is 97.5 Å². The van der Waals surface area contributed by atoms with Crippen molar-refractivity contribution >= 4 is 11.4 Å². The molecule has 4 nitrogen and oxygen atoms in total. The first-order valence-corrected chi connectivity index (χ1v) is 9.47. The van der Waals surface area contributed by atoms with Crippen LogP contribution in [0.3, 0.4) is 0 Å². The van der Waals surface area contributed by atoms with E-state index in [1.165, 1.54) is 6.20 Å². The molecule has 1 aliphatic rings. The third-order valence-electron chi connectivity index (χ3n) is 4.33. The largest absolute Gasteiger partial charge is 3.00 e. The molecule has 0 radical (unpaired) electrons. The second kappa shape index (κ2) is 11.3. The van der Waals surface area contributed by atoms with Crippen molar-refractivity contribution in [3.8, 4) is 11.3 Å². The second-order valence-electron chi connectivity index (χ2n) is 6.42. The summed E-state index contributed by atoms with van der Waals surface area (Å²) in [5.74, 6) is -1.79. The number of hydrogen-bond acceptors (Lipinski definition) is 4. The van der Waals surface area contributed by atoms with Crippen LogP contribution in [0, 0.1) is 30.7 Å². The maximum absolute atomic E-state index is 13.1.